The number of aromatic nitrogens is 6. The van der Waals surface area contributed by atoms with E-state index >= 15 is 0 Å². The number of nitrogens with zero attached hydrogens (tertiary/aromatic N) is 6. The van der Waals surface area contributed by atoms with Crippen molar-refractivity contribution in [1.82, 2.24) is 29.9 Å². The molecule has 0 aliphatic rings. The Labute approximate surface area is 243 Å². The van der Waals surface area contributed by atoms with E-state index in [1.165, 1.54) is 0 Å². The highest BCUT2D eigenvalue weighted by molar-refractivity contribution is 5.87. The zero-order valence-corrected chi connectivity index (χ0v) is 22.5. The number of benzene rings is 1. The molecule has 6 nitrogen and oxygen atoms in total. The van der Waals surface area contributed by atoms with Crippen molar-refractivity contribution in [2.75, 3.05) is 0 Å². The lowest BCUT2D eigenvalue weighted by Crippen LogP contribution is -1.91. The minimum atomic E-state index is 1.00. The molecule has 0 N–H and O–H groups in total. The minimum Gasteiger partial charge on any atom is -0.264 e. The van der Waals surface area contributed by atoms with Crippen LogP contribution in [-0.2, 0) is 0 Å². The van der Waals surface area contributed by atoms with Gasteiger partial charge in [-0.2, -0.15) is 0 Å². The summed E-state index contributed by atoms with van der Waals surface area (Å²) in [6.45, 7) is 0. The van der Waals surface area contributed by atoms with Crippen LogP contribution in [0.4, 0.5) is 0 Å². The van der Waals surface area contributed by atoms with Gasteiger partial charge in [0.05, 0.1) is 0 Å². The second-order valence-corrected chi connectivity index (χ2v) is 9.83. The predicted octanol–water partition coefficient (Wildman–Crippen LogP) is 8.06. The Balaban J connectivity index is 1.23. The van der Waals surface area contributed by atoms with E-state index in [-0.39, 0.29) is 0 Å². The summed E-state index contributed by atoms with van der Waals surface area (Å²) in [5, 5.41) is 0. The first kappa shape index (κ1) is 25.1. The van der Waals surface area contributed by atoms with Crippen molar-refractivity contribution in [3.63, 3.8) is 0 Å². The third kappa shape index (κ3) is 5.05. The Morgan fingerprint density at radius 1 is 0.262 bits per heavy atom. The van der Waals surface area contributed by atoms with Crippen LogP contribution in [0.25, 0.3) is 66.8 Å². The van der Waals surface area contributed by atoms with Gasteiger partial charge in [0.1, 0.15) is 0 Å². The molecule has 198 valence electrons. The van der Waals surface area contributed by atoms with E-state index in [1.54, 1.807) is 12.4 Å². The van der Waals surface area contributed by atoms with Crippen molar-refractivity contribution in [2.45, 2.75) is 0 Å². The summed E-state index contributed by atoms with van der Waals surface area (Å²) in [4.78, 5) is 26.4. The van der Waals surface area contributed by atoms with Gasteiger partial charge in [0.25, 0.3) is 0 Å². The molecule has 6 heterocycles. The zero-order valence-electron chi connectivity index (χ0n) is 22.5. The van der Waals surface area contributed by atoms with Gasteiger partial charge in [-0.25, -0.2) is 0 Å². The first-order chi connectivity index (χ1) is 20.8. The fourth-order valence-electron chi connectivity index (χ4n) is 5.14. The van der Waals surface area contributed by atoms with Gasteiger partial charge in [-0.3, -0.25) is 29.9 Å². The Bertz CT molecular complexity index is 1830. The lowest BCUT2D eigenvalue weighted by Gasteiger charge is -2.13. The van der Waals surface area contributed by atoms with Crippen LogP contribution in [0.2, 0.25) is 0 Å². The zero-order chi connectivity index (χ0) is 28.1. The average molecular weight is 541 g/mol. The molecule has 0 radical (unpaired) electrons. The quantitative estimate of drug-likeness (QED) is 0.212. The summed E-state index contributed by atoms with van der Waals surface area (Å²) in [5.41, 5.74) is 12.5. The van der Waals surface area contributed by atoms with E-state index in [0.717, 1.165) is 66.8 Å². The van der Waals surface area contributed by atoms with Crippen LogP contribution in [0.1, 0.15) is 0 Å². The van der Waals surface area contributed by atoms with Crippen LogP contribution in [0.3, 0.4) is 0 Å². The maximum absolute atomic E-state index is 4.52. The smallest absolute Gasteiger partial charge is 0.0353 e. The van der Waals surface area contributed by atoms with Crippen LogP contribution in [-0.4, -0.2) is 29.9 Å². The lowest BCUT2D eigenvalue weighted by molar-refractivity contribution is 1.28. The van der Waals surface area contributed by atoms with E-state index in [1.807, 2.05) is 86.2 Å². The molecule has 7 aromatic rings. The summed E-state index contributed by atoms with van der Waals surface area (Å²) in [6, 6.07) is 24.9. The second-order valence-electron chi connectivity index (χ2n) is 9.83. The normalized spacial score (nSPS) is 10.9. The Hall–Kier alpha value is -5.88. The number of hydrogen-bond acceptors (Lipinski definition) is 6. The standard InChI is InChI=1S/C36H24N6/c1-3-27(17-37-11-1)29-15-31(21-41-19-29)35-23-39-13-9-33(35)25-5-7-26(8-6-25)34-10-14-40-24-36(34)32-16-30(20-42-22-32)28-4-2-12-38-18-28/h1-24H. The van der Waals surface area contributed by atoms with Crippen LogP contribution in [0.15, 0.2) is 147 Å². The molecular formula is C36H24N6. The van der Waals surface area contributed by atoms with E-state index < -0.39 is 0 Å². The van der Waals surface area contributed by atoms with Crippen LogP contribution in [0.5, 0.6) is 0 Å². The van der Waals surface area contributed by atoms with E-state index in [4.69, 9.17) is 0 Å². The van der Waals surface area contributed by atoms with Gasteiger partial charge < -0.3 is 0 Å². The average Bonchev–Trinajstić information content (AvgIpc) is 3.09. The monoisotopic (exact) mass is 540 g/mol. The molecule has 0 bridgehead atoms. The topological polar surface area (TPSA) is 77.3 Å². The summed E-state index contributed by atoms with van der Waals surface area (Å²) in [6.07, 6.45) is 22.2. The van der Waals surface area contributed by atoms with Crippen LogP contribution >= 0.6 is 0 Å². The van der Waals surface area contributed by atoms with Crippen molar-refractivity contribution >= 4 is 0 Å². The van der Waals surface area contributed by atoms with Gasteiger partial charge in [0.15, 0.2) is 0 Å². The first-order valence-corrected chi connectivity index (χ1v) is 13.5. The van der Waals surface area contributed by atoms with E-state index in [2.05, 4.69) is 78.4 Å². The number of hydrogen-bond donors (Lipinski definition) is 0. The Kier molecular flexibility index (Phi) is 6.76. The molecule has 0 unspecified atom stereocenters. The van der Waals surface area contributed by atoms with E-state index in [0.29, 0.717) is 0 Å². The number of rotatable bonds is 6. The fraction of sp³-hybridized carbons (Fsp3) is 0. The van der Waals surface area contributed by atoms with Crippen molar-refractivity contribution in [3.8, 4) is 66.8 Å². The minimum absolute atomic E-state index is 1.00. The van der Waals surface area contributed by atoms with Gasteiger partial charge in [-0.05, 0) is 58.7 Å². The molecule has 0 amide bonds. The van der Waals surface area contributed by atoms with Gasteiger partial charge in [-0.15, -0.1) is 0 Å². The molecule has 0 aliphatic carbocycles. The maximum Gasteiger partial charge on any atom is 0.0353 e. The highest BCUT2D eigenvalue weighted by Gasteiger charge is 2.13. The second kappa shape index (κ2) is 11.3. The van der Waals surface area contributed by atoms with Crippen LogP contribution in [0, 0.1) is 0 Å². The molecule has 0 saturated carbocycles. The summed E-state index contributed by atoms with van der Waals surface area (Å²) < 4.78 is 0. The summed E-state index contributed by atoms with van der Waals surface area (Å²) >= 11 is 0. The molecule has 0 aliphatic heterocycles. The molecule has 6 aromatic heterocycles. The molecule has 0 atom stereocenters. The third-order valence-corrected chi connectivity index (χ3v) is 7.24. The molecule has 42 heavy (non-hydrogen) atoms. The SMILES string of the molecule is c1cncc(-c2cncc(-c3cnccc3-c3ccc(-c4ccncc4-c4cncc(-c5cccnc5)c4)cc3)c2)c1. The van der Waals surface area contributed by atoms with Crippen molar-refractivity contribution in [1.29, 1.82) is 0 Å². The van der Waals surface area contributed by atoms with Crippen LogP contribution < -0.4 is 0 Å². The van der Waals surface area contributed by atoms with Crippen molar-refractivity contribution in [2.24, 2.45) is 0 Å². The molecule has 0 fully saturated rings. The van der Waals surface area contributed by atoms with Crippen molar-refractivity contribution < 1.29 is 0 Å². The largest absolute Gasteiger partial charge is 0.264 e. The number of pyridine rings is 6. The summed E-state index contributed by atoms with van der Waals surface area (Å²) in [7, 11) is 0. The molecule has 6 heteroatoms. The molecule has 7 rings (SSSR count). The highest BCUT2D eigenvalue weighted by Crippen LogP contribution is 2.36. The third-order valence-electron chi connectivity index (χ3n) is 7.24. The Morgan fingerprint density at radius 2 is 0.667 bits per heavy atom. The highest BCUT2D eigenvalue weighted by atomic mass is 14.7. The maximum atomic E-state index is 4.52. The molecular weight excluding hydrogens is 516 g/mol. The van der Waals surface area contributed by atoms with Crippen molar-refractivity contribution in [3.05, 3.63) is 147 Å². The summed E-state index contributed by atoms with van der Waals surface area (Å²) in [5.74, 6) is 0. The predicted molar refractivity (Wildman–Crippen MR) is 166 cm³/mol. The molecule has 0 spiro atoms. The first-order valence-electron chi connectivity index (χ1n) is 13.5. The van der Waals surface area contributed by atoms with Gasteiger partial charge in [-0.1, -0.05) is 36.4 Å². The van der Waals surface area contributed by atoms with Gasteiger partial charge in [0, 0.05) is 119 Å². The van der Waals surface area contributed by atoms with E-state index in [9.17, 15) is 0 Å². The Morgan fingerprint density at radius 3 is 1.10 bits per heavy atom. The molecule has 0 saturated heterocycles. The van der Waals surface area contributed by atoms with Gasteiger partial charge in [0.2, 0.25) is 0 Å². The van der Waals surface area contributed by atoms with Gasteiger partial charge >= 0.3 is 0 Å². The molecule has 1 aromatic carbocycles. The fourth-order valence-corrected chi connectivity index (χ4v) is 5.14. The lowest BCUT2D eigenvalue weighted by atomic mass is 9.92.